The second kappa shape index (κ2) is 8.88. The maximum absolute atomic E-state index is 14.4. The van der Waals surface area contributed by atoms with Gasteiger partial charge < -0.3 is 14.8 Å². The highest BCUT2D eigenvalue weighted by molar-refractivity contribution is 5.94. The molecule has 0 saturated heterocycles. The summed E-state index contributed by atoms with van der Waals surface area (Å²) in [6.45, 7) is 5.39. The van der Waals surface area contributed by atoms with Gasteiger partial charge in [-0.25, -0.2) is 23.7 Å². The van der Waals surface area contributed by atoms with Crippen LogP contribution in [-0.4, -0.2) is 34.6 Å². The highest BCUT2D eigenvalue weighted by atomic mass is 19.1. The second-order valence-corrected chi connectivity index (χ2v) is 8.63. The van der Waals surface area contributed by atoms with Gasteiger partial charge in [-0.05, 0) is 50.8 Å². The van der Waals surface area contributed by atoms with Gasteiger partial charge in [0.25, 0.3) is 0 Å². The average Bonchev–Trinajstić information content (AvgIpc) is 3.51. The van der Waals surface area contributed by atoms with E-state index >= 15 is 0 Å². The van der Waals surface area contributed by atoms with E-state index < -0.39 is 17.2 Å². The van der Waals surface area contributed by atoms with Crippen LogP contribution in [0.1, 0.15) is 29.9 Å². The summed E-state index contributed by atoms with van der Waals surface area (Å²) in [6, 6.07) is 1.48. The molecule has 1 saturated carbocycles. The van der Waals surface area contributed by atoms with Gasteiger partial charge in [-0.15, -0.1) is 0 Å². The molecular weight excluding hydrogens is 430 g/mol. The van der Waals surface area contributed by atoms with Gasteiger partial charge in [-0.2, -0.15) is 0 Å². The summed E-state index contributed by atoms with van der Waals surface area (Å²) in [7, 11) is 1.48. The lowest BCUT2D eigenvalue weighted by Crippen LogP contribution is -2.30. The van der Waals surface area contributed by atoms with E-state index in [2.05, 4.69) is 20.3 Å². The number of nitrogens with one attached hydrogen (secondary N) is 1. The SMILES string of the molecule is COC1=CC([C@]2(COc3cnc(C)nc3C)C[C@H]2C(=O)Nc2cc(C)c(F)cn2)CC(F)=C1. The second-order valence-electron chi connectivity index (χ2n) is 8.63. The van der Waals surface area contributed by atoms with E-state index in [9.17, 15) is 13.6 Å². The van der Waals surface area contributed by atoms with Crippen LogP contribution in [0.5, 0.6) is 5.75 Å². The van der Waals surface area contributed by atoms with Crippen LogP contribution >= 0.6 is 0 Å². The van der Waals surface area contributed by atoms with Crippen molar-refractivity contribution < 1.29 is 23.0 Å². The topological polar surface area (TPSA) is 86.2 Å². The number of anilines is 1. The first-order chi connectivity index (χ1) is 15.7. The molecule has 1 amide bonds. The van der Waals surface area contributed by atoms with E-state index in [-0.39, 0.29) is 36.5 Å². The first kappa shape index (κ1) is 22.8. The molecule has 1 fully saturated rings. The van der Waals surface area contributed by atoms with Crippen LogP contribution in [0.4, 0.5) is 14.6 Å². The Morgan fingerprint density at radius 3 is 2.73 bits per heavy atom. The standard InChI is InChI=1S/C24H26F2N4O3/c1-13-5-22(28-10-20(13)26)30-23(31)19-9-24(19,16-6-17(25)8-18(7-16)32-4)12-33-21-11-27-15(3)29-14(21)2/h5,7-8,10-11,16,19H,6,9,12H2,1-4H3,(H,28,30,31)/t16?,19-,24+/m0/s1. The number of ether oxygens (including phenoxy) is 2. The summed E-state index contributed by atoms with van der Waals surface area (Å²) in [6.07, 6.45) is 6.52. The van der Waals surface area contributed by atoms with Crippen molar-refractivity contribution in [3.8, 4) is 5.75 Å². The fourth-order valence-electron chi connectivity index (χ4n) is 4.32. The van der Waals surface area contributed by atoms with Gasteiger partial charge in [0.05, 0.1) is 31.8 Å². The summed E-state index contributed by atoms with van der Waals surface area (Å²) in [5, 5.41) is 2.76. The van der Waals surface area contributed by atoms with Gasteiger partial charge in [0.1, 0.15) is 29.0 Å². The quantitative estimate of drug-likeness (QED) is 0.666. The number of allylic oxidation sites excluding steroid dienone is 3. The van der Waals surface area contributed by atoms with Crippen molar-refractivity contribution in [2.24, 2.45) is 17.3 Å². The highest BCUT2D eigenvalue weighted by Crippen LogP contribution is 2.61. The zero-order chi connectivity index (χ0) is 23.8. The summed E-state index contributed by atoms with van der Waals surface area (Å²) >= 11 is 0. The number of nitrogens with zero attached hydrogens (tertiary/aromatic N) is 3. The van der Waals surface area contributed by atoms with Crippen LogP contribution in [-0.2, 0) is 9.53 Å². The molecule has 2 heterocycles. The number of halogens is 2. The van der Waals surface area contributed by atoms with Crippen LogP contribution in [0, 0.1) is 43.8 Å². The first-order valence-corrected chi connectivity index (χ1v) is 10.7. The van der Waals surface area contributed by atoms with Crippen molar-refractivity contribution in [3.05, 3.63) is 65.1 Å². The van der Waals surface area contributed by atoms with E-state index in [1.54, 1.807) is 20.0 Å². The maximum atomic E-state index is 14.4. The minimum Gasteiger partial charge on any atom is -0.497 e. The van der Waals surface area contributed by atoms with Gasteiger partial charge in [0, 0.05) is 23.8 Å². The number of methoxy groups -OCH3 is 1. The fourth-order valence-corrected chi connectivity index (χ4v) is 4.32. The van der Waals surface area contributed by atoms with Crippen LogP contribution < -0.4 is 10.1 Å². The molecule has 0 aliphatic heterocycles. The summed E-state index contributed by atoms with van der Waals surface area (Å²) in [4.78, 5) is 25.5. The Hall–Kier alpha value is -3.36. The van der Waals surface area contributed by atoms with Crippen LogP contribution in [0.25, 0.3) is 0 Å². The lowest BCUT2D eigenvalue weighted by molar-refractivity contribution is -0.118. The van der Waals surface area contributed by atoms with Crippen LogP contribution in [0.2, 0.25) is 0 Å². The molecule has 174 valence electrons. The predicted octanol–water partition coefficient (Wildman–Crippen LogP) is 4.36. The van der Waals surface area contributed by atoms with Crippen molar-refractivity contribution in [3.63, 3.8) is 0 Å². The molecular formula is C24H26F2N4O3. The van der Waals surface area contributed by atoms with Crippen LogP contribution in [0.3, 0.4) is 0 Å². The van der Waals surface area contributed by atoms with E-state index in [4.69, 9.17) is 9.47 Å². The Balaban J connectivity index is 1.57. The molecule has 9 heteroatoms. The van der Waals surface area contributed by atoms with E-state index in [1.165, 1.54) is 19.3 Å². The largest absolute Gasteiger partial charge is 0.497 e. The number of carbonyl (C=O) groups is 1. The van der Waals surface area contributed by atoms with Gasteiger partial charge >= 0.3 is 0 Å². The fraction of sp³-hybridized carbons (Fsp3) is 0.417. The Morgan fingerprint density at radius 2 is 2.03 bits per heavy atom. The number of hydrogen-bond acceptors (Lipinski definition) is 6. The summed E-state index contributed by atoms with van der Waals surface area (Å²) < 4.78 is 39.3. The molecule has 2 aliphatic rings. The molecule has 2 aromatic rings. The zero-order valence-electron chi connectivity index (χ0n) is 19.0. The highest BCUT2D eigenvalue weighted by Gasteiger charge is 2.63. The zero-order valence-corrected chi connectivity index (χ0v) is 19.0. The Labute approximate surface area is 191 Å². The Morgan fingerprint density at radius 1 is 1.24 bits per heavy atom. The average molecular weight is 456 g/mol. The molecule has 0 radical (unpaired) electrons. The minimum absolute atomic E-state index is 0.150. The van der Waals surface area contributed by atoms with Crippen LogP contribution in [0.15, 0.2) is 42.2 Å². The number of rotatable bonds is 7. The first-order valence-electron chi connectivity index (χ1n) is 10.7. The molecule has 3 atom stereocenters. The third-order valence-electron chi connectivity index (χ3n) is 6.34. The molecule has 0 spiro atoms. The van der Waals surface area contributed by atoms with Crippen molar-refractivity contribution in [1.82, 2.24) is 15.0 Å². The molecule has 0 aromatic carbocycles. The molecule has 7 nitrogen and oxygen atoms in total. The molecule has 33 heavy (non-hydrogen) atoms. The molecule has 0 bridgehead atoms. The third kappa shape index (κ3) is 4.72. The van der Waals surface area contributed by atoms with E-state index in [0.29, 0.717) is 35.0 Å². The summed E-state index contributed by atoms with van der Waals surface area (Å²) in [5.41, 5.74) is 0.423. The van der Waals surface area contributed by atoms with Gasteiger partial charge in [-0.3, -0.25) is 4.79 Å². The third-order valence-corrected chi connectivity index (χ3v) is 6.34. The number of hydrogen-bond donors (Lipinski definition) is 1. The van der Waals surface area contributed by atoms with Gasteiger partial charge in [0.2, 0.25) is 5.91 Å². The monoisotopic (exact) mass is 456 g/mol. The lowest BCUT2D eigenvalue weighted by Gasteiger charge is -2.28. The lowest BCUT2D eigenvalue weighted by atomic mass is 9.81. The number of carbonyl (C=O) groups excluding carboxylic acids is 1. The smallest absolute Gasteiger partial charge is 0.229 e. The molecule has 4 rings (SSSR count). The van der Waals surface area contributed by atoms with Gasteiger partial charge in [-0.1, -0.05) is 0 Å². The number of aryl methyl sites for hydroxylation is 3. The molecule has 1 unspecified atom stereocenters. The maximum Gasteiger partial charge on any atom is 0.229 e. The Bertz CT molecular complexity index is 1150. The number of pyridine rings is 1. The minimum atomic E-state index is -0.647. The normalized spacial score (nSPS) is 23.9. The number of amides is 1. The van der Waals surface area contributed by atoms with Crippen molar-refractivity contribution >= 4 is 11.7 Å². The van der Waals surface area contributed by atoms with Crippen molar-refractivity contribution in [2.45, 2.75) is 33.6 Å². The number of aromatic nitrogens is 3. The van der Waals surface area contributed by atoms with E-state index in [0.717, 1.165) is 6.20 Å². The predicted molar refractivity (Wildman–Crippen MR) is 117 cm³/mol. The van der Waals surface area contributed by atoms with Crippen molar-refractivity contribution in [2.75, 3.05) is 19.0 Å². The molecule has 1 N–H and O–H groups in total. The Kier molecular flexibility index (Phi) is 6.14. The van der Waals surface area contributed by atoms with Crippen molar-refractivity contribution in [1.29, 1.82) is 0 Å². The molecule has 2 aliphatic carbocycles. The van der Waals surface area contributed by atoms with E-state index in [1.807, 2.05) is 13.0 Å². The molecule has 2 aromatic heterocycles. The van der Waals surface area contributed by atoms with Gasteiger partial charge in [0.15, 0.2) is 5.75 Å². The summed E-state index contributed by atoms with van der Waals surface area (Å²) in [5.74, 6) is 0.0684.